The number of halogens is 4. The first-order valence-electron chi connectivity index (χ1n) is 15.1. The first-order chi connectivity index (χ1) is 24.7. The third kappa shape index (κ3) is 12.0. The van der Waals surface area contributed by atoms with Gasteiger partial charge in [0.05, 0.1) is 0 Å². The van der Waals surface area contributed by atoms with Gasteiger partial charge < -0.3 is 30.7 Å². The molecule has 2 unspecified atom stereocenters. The predicted molar refractivity (Wildman–Crippen MR) is 193 cm³/mol. The van der Waals surface area contributed by atoms with E-state index < -0.39 is 60.1 Å². The van der Waals surface area contributed by atoms with Crippen LogP contribution in [-0.2, 0) is 41.7 Å². The number of benzene rings is 4. The Hall–Kier alpha value is -5.14. The van der Waals surface area contributed by atoms with Gasteiger partial charge >= 0.3 is 24.0 Å². The summed E-state index contributed by atoms with van der Waals surface area (Å²) < 4.78 is 5.13. The van der Waals surface area contributed by atoms with Crippen LogP contribution in [0.5, 0.6) is 0 Å². The van der Waals surface area contributed by atoms with Crippen LogP contribution in [0.25, 0.3) is 0 Å². The second-order valence-electron chi connectivity index (χ2n) is 10.8. The molecule has 0 fully saturated rings. The smallest absolute Gasteiger partial charge is 0.408 e. The van der Waals surface area contributed by atoms with Crippen molar-refractivity contribution in [2.24, 2.45) is 0 Å². The molecule has 16 heteroatoms. The molecule has 0 aliphatic rings. The summed E-state index contributed by atoms with van der Waals surface area (Å²) in [6.07, 6.45) is -0.535. The second-order valence-corrected chi connectivity index (χ2v) is 12.4. The van der Waals surface area contributed by atoms with Crippen molar-refractivity contribution >= 4 is 82.1 Å². The van der Waals surface area contributed by atoms with E-state index in [2.05, 4.69) is 10.6 Å². The summed E-state index contributed by atoms with van der Waals surface area (Å²) in [7, 11) is 0. The molecule has 5 N–H and O–H groups in total. The molecule has 0 bridgehead atoms. The third-order valence-corrected chi connectivity index (χ3v) is 8.48. The molecule has 0 saturated heterocycles. The molecule has 0 aromatic heterocycles. The van der Waals surface area contributed by atoms with E-state index in [1.807, 2.05) is 60.7 Å². The van der Waals surface area contributed by atoms with Gasteiger partial charge in [-0.2, -0.15) is 0 Å². The Morgan fingerprint density at radius 3 is 1.42 bits per heavy atom. The van der Waals surface area contributed by atoms with Crippen molar-refractivity contribution in [3.8, 4) is 0 Å². The van der Waals surface area contributed by atoms with Crippen LogP contribution in [0.4, 0.5) is 4.79 Å². The number of carbonyl (C=O) groups excluding carboxylic acids is 3. The molecule has 0 spiro atoms. The van der Waals surface area contributed by atoms with Crippen LogP contribution in [0.2, 0.25) is 20.1 Å². The summed E-state index contributed by atoms with van der Waals surface area (Å²) in [5.74, 6) is -9.94. The third-order valence-electron chi connectivity index (χ3n) is 7.16. The number of nitrogens with one attached hydrogen (secondary N) is 2. The average Bonchev–Trinajstić information content (AvgIpc) is 3.10. The molecule has 0 radical (unpaired) electrons. The number of aliphatic carboxylic acids is 3. The van der Waals surface area contributed by atoms with Gasteiger partial charge in [0, 0.05) is 37.6 Å². The zero-order valence-corrected chi connectivity index (χ0v) is 29.8. The number of ketones is 1. The molecule has 0 heterocycles. The highest BCUT2D eigenvalue weighted by Gasteiger charge is 2.42. The van der Waals surface area contributed by atoms with E-state index in [9.17, 15) is 39.0 Å². The molecule has 4 rings (SSSR count). The fourth-order valence-electron chi connectivity index (χ4n) is 4.77. The van der Waals surface area contributed by atoms with Crippen molar-refractivity contribution in [2.75, 3.05) is 6.54 Å². The molecule has 52 heavy (non-hydrogen) atoms. The van der Waals surface area contributed by atoms with Crippen LogP contribution in [0.15, 0.2) is 97.1 Å². The number of ether oxygens (including phenoxy) is 1. The molecule has 4 aromatic rings. The van der Waals surface area contributed by atoms with Gasteiger partial charge in [0.15, 0.2) is 5.78 Å². The summed E-state index contributed by atoms with van der Waals surface area (Å²) in [6, 6.07) is 25.6. The van der Waals surface area contributed by atoms with Crippen LogP contribution in [0.1, 0.15) is 34.1 Å². The van der Waals surface area contributed by atoms with E-state index in [0.29, 0.717) is 0 Å². The fourth-order valence-corrected chi connectivity index (χ4v) is 6.00. The lowest BCUT2D eigenvalue weighted by atomic mass is 9.83. The Morgan fingerprint density at radius 1 is 0.596 bits per heavy atom. The maximum atomic E-state index is 12.9. The van der Waals surface area contributed by atoms with E-state index in [1.165, 1.54) is 36.4 Å². The first-order valence-corrected chi connectivity index (χ1v) is 16.6. The maximum absolute atomic E-state index is 12.9. The molecule has 4 aromatic carbocycles. The number of carbonyl (C=O) groups is 6. The molecular weight excluding hydrogens is 762 g/mol. The maximum Gasteiger partial charge on any atom is 0.408 e. The molecule has 2 amide bonds. The topological polar surface area (TPSA) is 196 Å². The minimum absolute atomic E-state index is 0.0709. The van der Waals surface area contributed by atoms with Crippen molar-refractivity contribution in [1.82, 2.24) is 10.6 Å². The fraction of sp³-hybridized carbons (Fsp3) is 0.167. The lowest BCUT2D eigenvalue weighted by Gasteiger charge is -2.21. The van der Waals surface area contributed by atoms with Crippen LogP contribution in [0.3, 0.4) is 0 Å². The monoisotopic (exact) mass is 790 g/mol. The molecule has 12 nitrogen and oxygen atoms in total. The lowest BCUT2D eigenvalue weighted by Crippen LogP contribution is -2.49. The van der Waals surface area contributed by atoms with Crippen LogP contribution >= 0.6 is 46.4 Å². The van der Waals surface area contributed by atoms with Crippen molar-refractivity contribution < 1.29 is 48.8 Å². The summed E-state index contributed by atoms with van der Waals surface area (Å²) in [5, 5.41) is 32.3. The van der Waals surface area contributed by atoms with Gasteiger partial charge in [0.1, 0.15) is 31.0 Å². The Labute approximate surface area is 317 Å². The lowest BCUT2D eigenvalue weighted by molar-refractivity contribution is -0.147. The zero-order chi connectivity index (χ0) is 38.4. The highest BCUT2D eigenvalue weighted by molar-refractivity contribution is 6.39. The molecule has 0 saturated carbocycles. The summed E-state index contributed by atoms with van der Waals surface area (Å²) in [4.78, 5) is 71.4. The SMILES string of the molecule is O=C(O)C(C(=O)C(C(=O)O)c1c(Cl)cccc1Cl)c1c(Cl)cccc1Cl.O=C(O)CNC(=O)[C@H](Cc1ccccc1)NC(=O)OCc1ccccc1. The normalized spacial score (nSPS) is 12.2. The highest BCUT2D eigenvalue weighted by Crippen LogP contribution is 2.39. The quantitative estimate of drug-likeness (QED) is 0.0865. The van der Waals surface area contributed by atoms with Crippen molar-refractivity contribution in [1.29, 1.82) is 0 Å². The number of rotatable bonds is 14. The standard InChI is InChI=1S/C19H20N2O5.C17H10Cl4O5/c22-17(23)12-20-18(24)16(11-14-7-3-1-4-8-14)21-19(25)26-13-15-9-5-2-6-10-15;18-7-3-1-4-8(19)11(7)13(16(23)24)15(22)14(17(25)26)12-9(20)5-2-6-10(12)21/h1-10,16H,11-13H2,(H,20,24)(H,21,25)(H,22,23);1-6,13-14H,(H,23,24)(H,25,26)/t16-;/m0./s1. The Kier molecular flexibility index (Phi) is 15.9. The number of alkyl carbamates (subject to hydrolysis) is 1. The summed E-state index contributed by atoms with van der Waals surface area (Å²) in [6.45, 7) is -0.452. The largest absolute Gasteiger partial charge is 0.480 e. The van der Waals surface area contributed by atoms with Crippen molar-refractivity contribution in [2.45, 2.75) is 30.9 Å². The van der Waals surface area contributed by atoms with Gasteiger partial charge in [-0.1, -0.05) is 119 Å². The van der Waals surface area contributed by atoms with Gasteiger partial charge in [0.25, 0.3) is 0 Å². The van der Waals surface area contributed by atoms with E-state index >= 15 is 0 Å². The summed E-state index contributed by atoms with van der Waals surface area (Å²) >= 11 is 24.0. The van der Waals surface area contributed by atoms with Crippen molar-refractivity contribution in [3.05, 3.63) is 139 Å². The van der Waals surface area contributed by atoms with Gasteiger partial charge in [-0.3, -0.25) is 24.0 Å². The van der Waals surface area contributed by atoms with E-state index in [4.69, 9.17) is 56.2 Å². The average molecular weight is 792 g/mol. The van der Waals surface area contributed by atoms with Crippen LogP contribution in [-0.4, -0.2) is 63.6 Å². The van der Waals surface area contributed by atoms with Gasteiger partial charge in [-0.25, -0.2) is 4.79 Å². The highest BCUT2D eigenvalue weighted by atomic mass is 35.5. The minimum Gasteiger partial charge on any atom is -0.480 e. The van der Waals surface area contributed by atoms with E-state index in [1.54, 1.807) is 0 Å². The number of carboxylic acids is 3. The van der Waals surface area contributed by atoms with Crippen molar-refractivity contribution in [3.63, 3.8) is 0 Å². The number of hydrogen-bond acceptors (Lipinski definition) is 7. The van der Waals surface area contributed by atoms with E-state index in [0.717, 1.165) is 11.1 Å². The number of amides is 2. The predicted octanol–water partition coefficient (Wildman–Crippen LogP) is 6.63. The van der Waals surface area contributed by atoms with Gasteiger partial charge in [-0.15, -0.1) is 0 Å². The zero-order valence-electron chi connectivity index (χ0n) is 26.8. The van der Waals surface area contributed by atoms with Crippen LogP contribution < -0.4 is 10.6 Å². The summed E-state index contributed by atoms with van der Waals surface area (Å²) in [5.41, 5.74) is 1.26. The molecule has 272 valence electrons. The van der Waals surface area contributed by atoms with E-state index in [-0.39, 0.29) is 44.2 Å². The molecule has 3 atom stereocenters. The Bertz CT molecular complexity index is 1800. The number of hydrogen-bond donors (Lipinski definition) is 5. The second kappa shape index (κ2) is 20.0. The molecule has 0 aliphatic carbocycles. The minimum atomic E-state index is -1.91. The number of Topliss-reactive ketones (excluding diaryl/α,β-unsaturated/α-hetero) is 1. The first kappa shape index (κ1) is 41.3. The molecule has 0 aliphatic heterocycles. The number of carboxylic acid groups (broad SMARTS) is 3. The molecular formula is C36H30Cl4N2O10. The van der Waals surface area contributed by atoms with Gasteiger partial charge in [0.2, 0.25) is 5.91 Å². The Morgan fingerprint density at radius 2 is 1.02 bits per heavy atom. The Balaban J connectivity index is 0.000000280. The van der Waals surface area contributed by atoms with Gasteiger partial charge in [-0.05, 0) is 35.4 Å². The van der Waals surface area contributed by atoms with Crippen LogP contribution in [0, 0.1) is 0 Å².